The van der Waals surface area contributed by atoms with Crippen molar-refractivity contribution >= 4 is 16.5 Å². The molecule has 0 spiro atoms. The second-order valence-corrected chi connectivity index (χ2v) is 6.93. The third-order valence-corrected chi connectivity index (χ3v) is 4.85. The molecule has 5 nitrogen and oxygen atoms in total. The number of hydrogen-bond donors (Lipinski definition) is 1. The molecule has 1 N–H and O–H groups in total. The van der Waals surface area contributed by atoms with Gasteiger partial charge in [-0.15, -0.1) is 0 Å². The molecule has 0 saturated carbocycles. The lowest BCUT2D eigenvalue weighted by Crippen LogP contribution is -2.45. The summed E-state index contributed by atoms with van der Waals surface area (Å²) in [5.74, 6) is 1.15. The molecule has 1 aliphatic rings. The predicted molar refractivity (Wildman–Crippen MR) is 101 cm³/mol. The summed E-state index contributed by atoms with van der Waals surface area (Å²) in [6.07, 6.45) is -0.121. The molecule has 1 heterocycles. The number of nitrogens with one attached hydrogen (secondary N) is 1. The van der Waals surface area contributed by atoms with Gasteiger partial charge in [-0.05, 0) is 22.4 Å². The minimum absolute atomic E-state index is 0.0851. The van der Waals surface area contributed by atoms with Crippen LogP contribution < -0.4 is 10.1 Å². The van der Waals surface area contributed by atoms with Gasteiger partial charge in [0, 0.05) is 23.6 Å². The molecule has 0 saturated heterocycles. The molecular formula is C21H20N2O3. The van der Waals surface area contributed by atoms with Crippen LogP contribution in [0.1, 0.15) is 31.0 Å². The molecule has 3 aromatic rings. The van der Waals surface area contributed by atoms with Crippen LogP contribution in [-0.2, 0) is 0 Å². The summed E-state index contributed by atoms with van der Waals surface area (Å²) in [5, 5.41) is 16.8. The van der Waals surface area contributed by atoms with Gasteiger partial charge in [-0.25, -0.2) is 0 Å². The van der Waals surface area contributed by atoms with Gasteiger partial charge in [0.2, 0.25) is 0 Å². The first kappa shape index (κ1) is 16.5. The van der Waals surface area contributed by atoms with Gasteiger partial charge in [0.15, 0.2) is 6.23 Å². The highest BCUT2D eigenvalue weighted by Gasteiger charge is 2.31. The Kier molecular flexibility index (Phi) is 4.09. The van der Waals surface area contributed by atoms with E-state index in [0.29, 0.717) is 0 Å². The fourth-order valence-electron chi connectivity index (χ4n) is 3.47. The average Bonchev–Trinajstić information content (AvgIpc) is 2.67. The Balaban J connectivity index is 1.88. The van der Waals surface area contributed by atoms with E-state index in [1.165, 1.54) is 0 Å². The largest absolute Gasteiger partial charge is 0.475 e. The highest BCUT2D eigenvalue weighted by molar-refractivity contribution is 5.89. The third-order valence-electron chi connectivity index (χ3n) is 4.85. The van der Waals surface area contributed by atoms with Gasteiger partial charge in [-0.1, -0.05) is 56.3 Å². The van der Waals surface area contributed by atoms with E-state index in [4.69, 9.17) is 4.74 Å². The Hall–Kier alpha value is -2.92. The van der Waals surface area contributed by atoms with Crippen LogP contribution in [0.4, 0.5) is 5.69 Å². The maximum absolute atomic E-state index is 11.0. The minimum atomic E-state index is -0.374. The molecule has 1 aliphatic heterocycles. The molecule has 3 aromatic carbocycles. The Morgan fingerprint density at radius 3 is 2.46 bits per heavy atom. The Labute approximate surface area is 151 Å². The van der Waals surface area contributed by atoms with E-state index in [-0.39, 0.29) is 28.8 Å². The monoisotopic (exact) mass is 348 g/mol. The Bertz CT molecular complexity index is 967. The molecule has 0 fully saturated rings. The molecule has 4 rings (SSSR count). The molecule has 0 radical (unpaired) electrons. The zero-order chi connectivity index (χ0) is 18.3. The van der Waals surface area contributed by atoms with Crippen LogP contribution in [-0.4, -0.2) is 11.2 Å². The zero-order valence-corrected chi connectivity index (χ0v) is 14.7. The molecule has 2 atom stereocenters. The summed E-state index contributed by atoms with van der Waals surface area (Å²) in [4.78, 5) is 10.6. The van der Waals surface area contributed by atoms with E-state index in [9.17, 15) is 10.1 Å². The van der Waals surface area contributed by atoms with Crippen molar-refractivity contribution in [2.75, 3.05) is 0 Å². The summed E-state index contributed by atoms with van der Waals surface area (Å²) in [5.41, 5.74) is 2.16. The van der Waals surface area contributed by atoms with E-state index in [0.717, 1.165) is 27.6 Å². The van der Waals surface area contributed by atoms with Crippen molar-refractivity contribution in [2.24, 2.45) is 5.92 Å². The molecule has 0 unspecified atom stereocenters. The first-order chi connectivity index (χ1) is 12.5. The number of fused-ring (bicyclic) bond motifs is 3. The van der Waals surface area contributed by atoms with Crippen LogP contribution in [0.15, 0.2) is 60.7 Å². The maximum atomic E-state index is 11.0. The number of nitrogens with zero attached hydrogens (tertiary/aromatic N) is 1. The third kappa shape index (κ3) is 2.80. The van der Waals surface area contributed by atoms with E-state index in [1.807, 2.05) is 30.3 Å². The van der Waals surface area contributed by atoms with E-state index >= 15 is 0 Å². The van der Waals surface area contributed by atoms with Crippen LogP contribution >= 0.6 is 0 Å². The minimum Gasteiger partial charge on any atom is -0.475 e. The fourth-order valence-corrected chi connectivity index (χ4v) is 3.47. The highest BCUT2D eigenvalue weighted by atomic mass is 16.6. The molecule has 26 heavy (non-hydrogen) atoms. The zero-order valence-electron chi connectivity index (χ0n) is 14.7. The van der Waals surface area contributed by atoms with Crippen molar-refractivity contribution in [1.82, 2.24) is 5.32 Å². The van der Waals surface area contributed by atoms with E-state index < -0.39 is 0 Å². The summed E-state index contributed by atoms with van der Waals surface area (Å²) in [6.45, 7) is 4.22. The molecule has 0 bridgehead atoms. The van der Waals surface area contributed by atoms with Crippen molar-refractivity contribution in [3.05, 3.63) is 81.9 Å². The molecule has 0 aliphatic carbocycles. The number of non-ortho nitro benzene ring substituents is 1. The van der Waals surface area contributed by atoms with Crippen molar-refractivity contribution in [2.45, 2.75) is 26.1 Å². The van der Waals surface area contributed by atoms with Gasteiger partial charge < -0.3 is 4.74 Å². The lowest BCUT2D eigenvalue weighted by molar-refractivity contribution is -0.384. The Morgan fingerprint density at radius 2 is 1.77 bits per heavy atom. The normalized spacial score (nSPS) is 19.2. The van der Waals surface area contributed by atoms with Crippen molar-refractivity contribution in [3.63, 3.8) is 0 Å². The molecule has 132 valence electrons. The summed E-state index contributed by atoms with van der Waals surface area (Å²) >= 11 is 0. The molecule has 0 aromatic heterocycles. The number of hydrogen-bond acceptors (Lipinski definition) is 4. The number of benzene rings is 3. The van der Waals surface area contributed by atoms with Crippen molar-refractivity contribution < 1.29 is 9.66 Å². The predicted octanol–water partition coefficient (Wildman–Crippen LogP) is 4.80. The number of rotatable bonds is 3. The van der Waals surface area contributed by atoms with Crippen molar-refractivity contribution in [1.29, 1.82) is 0 Å². The van der Waals surface area contributed by atoms with Crippen molar-refractivity contribution in [3.8, 4) is 5.75 Å². The van der Waals surface area contributed by atoms with Crippen LogP contribution in [0.5, 0.6) is 5.75 Å². The highest BCUT2D eigenvalue weighted by Crippen LogP contribution is 2.40. The van der Waals surface area contributed by atoms with Crippen LogP contribution in [0.25, 0.3) is 10.8 Å². The second kappa shape index (κ2) is 6.42. The van der Waals surface area contributed by atoms with Gasteiger partial charge in [0.1, 0.15) is 5.75 Å². The first-order valence-corrected chi connectivity index (χ1v) is 8.73. The van der Waals surface area contributed by atoms with Crippen LogP contribution in [0, 0.1) is 16.0 Å². The number of ether oxygens (including phenoxy) is 1. The first-order valence-electron chi connectivity index (χ1n) is 8.73. The fraction of sp³-hybridized carbons (Fsp3) is 0.238. The van der Waals surface area contributed by atoms with Gasteiger partial charge in [-0.3, -0.25) is 15.4 Å². The topological polar surface area (TPSA) is 64.4 Å². The van der Waals surface area contributed by atoms with Crippen LogP contribution in [0.2, 0.25) is 0 Å². The van der Waals surface area contributed by atoms with E-state index in [2.05, 4.69) is 37.4 Å². The lowest BCUT2D eigenvalue weighted by atomic mass is 9.90. The second-order valence-electron chi connectivity index (χ2n) is 6.93. The summed E-state index contributed by atoms with van der Waals surface area (Å²) in [6, 6.07) is 19.0. The standard InChI is InChI=1S/C21H20N2O3/c1-13(2)21-22-20(15-7-10-16(11-8-15)23(24)25)19-17-6-4-3-5-14(17)9-12-18(19)26-21/h3-13,20-22H,1-2H3/t20-,21+/m0/s1. The lowest BCUT2D eigenvalue weighted by Gasteiger charge is -2.36. The molecule has 5 heteroatoms. The SMILES string of the molecule is CC(C)[C@@H]1N[C@@H](c2ccc([N+](=O)[O-])cc2)c2c(ccc3ccccc23)O1. The van der Waals surface area contributed by atoms with Gasteiger partial charge in [0.05, 0.1) is 11.0 Å². The quantitative estimate of drug-likeness (QED) is 0.545. The van der Waals surface area contributed by atoms with Gasteiger partial charge >= 0.3 is 0 Å². The Morgan fingerprint density at radius 1 is 1.04 bits per heavy atom. The molecular weight excluding hydrogens is 328 g/mol. The summed E-state index contributed by atoms with van der Waals surface area (Å²) in [7, 11) is 0. The number of nitro benzene ring substituents is 1. The van der Waals surface area contributed by atoms with E-state index in [1.54, 1.807) is 12.1 Å². The van der Waals surface area contributed by atoms with Gasteiger partial charge in [0.25, 0.3) is 5.69 Å². The van der Waals surface area contributed by atoms with Gasteiger partial charge in [-0.2, -0.15) is 0 Å². The molecule has 0 amide bonds. The average molecular weight is 348 g/mol. The smallest absolute Gasteiger partial charge is 0.269 e. The number of nitro groups is 1. The summed E-state index contributed by atoms with van der Waals surface area (Å²) < 4.78 is 6.20. The maximum Gasteiger partial charge on any atom is 0.269 e. The van der Waals surface area contributed by atoms with Crippen LogP contribution in [0.3, 0.4) is 0 Å².